The zero-order chi connectivity index (χ0) is 14.7. The monoisotopic (exact) mass is 279 g/mol. The lowest BCUT2D eigenvalue weighted by molar-refractivity contribution is 0.271. The molecule has 0 heterocycles. The normalized spacial score (nSPS) is 25.7. The highest BCUT2D eigenvalue weighted by molar-refractivity contribution is 5.25. The van der Waals surface area contributed by atoms with Crippen LogP contribution in [0.4, 0.5) is 0 Å². The van der Waals surface area contributed by atoms with Crippen LogP contribution in [-0.2, 0) is 6.42 Å². The molecular weight excluding hydrogens is 254 g/mol. The minimum absolute atomic E-state index is 0.0134. The van der Waals surface area contributed by atoms with Gasteiger partial charge in [0.15, 0.2) is 0 Å². The van der Waals surface area contributed by atoms with Crippen LogP contribution in [0.5, 0.6) is 0 Å². The van der Waals surface area contributed by atoms with Gasteiger partial charge in [-0.05, 0) is 56.1 Å². The maximum Gasteiger partial charge on any atom is 0.0195 e. The van der Waals surface area contributed by atoms with Crippen molar-refractivity contribution < 1.29 is 0 Å². The molecule has 1 nitrogen and oxygen atoms in total. The Bertz CT molecular complexity index is 563. The van der Waals surface area contributed by atoms with E-state index in [9.17, 15) is 0 Å². The van der Waals surface area contributed by atoms with E-state index in [1.807, 2.05) is 0 Å². The third-order valence-electron chi connectivity index (χ3n) is 4.93. The van der Waals surface area contributed by atoms with Crippen molar-refractivity contribution in [3.63, 3.8) is 0 Å². The highest BCUT2D eigenvalue weighted by Crippen LogP contribution is 2.38. The Morgan fingerprint density at radius 2 is 1.57 bits per heavy atom. The summed E-state index contributed by atoms with van der Waals surface area (Å²) in [7, 11) is 0. The predicted molar refractivity (Wildman–Crippen MR) is 89.5 cm³/mol. The first kappa shape index (κ1) is 14.3. The van der Waals surface area contributed by atoms with E-state index in [2.05, 4.69) is 61.5 Å². The Kier molecular flexibility index (Phi) is 4.12. The summed E-state index contributed by atoms with van der Waals surface area (Å²) < 4.78 is 0. The molecule has 0 unspecified atom stereocenters. The van der Waals surface area contributed by atoms with E-state index in [1.165, 1.54) is 29.5 Å². The highest BCUT2D eigenvalue weighted by Gasteiger charge is 2.32. The number of aryl methyl sites for hydroxylation is 1. The molecule has 1 aliphatic carbocycles. The second-order valence-electron chi connectivity index (χ2n) is 6.71. The van der Waals surface area contributed by atoms with Crippen LogP contribution >= 0.6 is 0 Å². The van der Waals surface area contributed by atoms with Gasteiger partial charge in [-0.25, -0.2) is 0 Å². The summed E-state index contributed by atoms with van der Waals surface area (Å²) in [5.41, 5.74) is 10.8. The van der Waals surface area contributed by atoms with E-state index in [1.54, 1.807) is 0 Å². The number of nitrogens with two attached hydrogens (primary N) is 1. The molecule has 2 aromatic carbocycles. The van der Waals surface area contributed by atoms with Crippen LogP contribution in [-0.4, -0.2) is 5.54 Å². The number of hydrogen-bond donors (Lipinski definition) is 1. The molecule has 1 aliphatic rings. The van der Waals surface area contributed by atoms with Crippen molar-refractivity contribution in [2.24, 2.45) is 5.73 Å². The molecule has 0 bridgehead atoms. The molecule has 21 heavy (non-hydrogen) atoms. The van der Waals surface area contributed by atoms with Gasteiger partial charge >= 0.3 is 0 Å². The summed E-state index contributed by atoms with van der Waals surface area (Å²) in [5, 5.41) is 0. The molecule has 0 saturated heterocycles. The minimum atomic E-state index is -0.0134. The SMILES string of the molecule is Cc1ccc(CC2(N)CCC(c3ccccc3)CC2)cc1. The summed E-state index contributed by atoms with van der Waals surface area (Å²) in [6.45, 7) is 2.13. The third kappa shape index (κ3) is 3.54. The molecule has 0 radical (unpaired) electrons. The lowest BCUT2D eigenvalue weighted by Crippen LogP contribution is -2.45. The highest BCUT2D eigenvalue weighted by atomic mass is 14.7. The quantitative estimate of drug-likeness (QED) is 0.873. The van der Waals surface area contributed by atoms with Crippen LogP contribution in [0.1, 0.15) is 48.3 Å². The molecule has 110 valence electrons. The lowest BCUT2D eigenvalue weighted by Gasteiger charge is -2.37. The first-order valence-corrected chi connectivity index (χ1v) is 8.04. The minimum Gasteiger partial charge on any atom is -0.325 e. The topological polar surface area (TPSA) is 26.0 Å². The van der Waals surface area contributed by atoms with Crippen LogP contribution in [0.3, 0.4) is 0 Å². The number of hydrogen-bond acceptors (Lipinski definition) is 1. The van der Waals surface area contributed by atoms with E-state index < -0.39 is 0 Å². The van der Waals surface area contributed by atoms with Gasteiger partial charge in [-0.15, -0.1) is 0 Å². The summed E-state index contributed by atoms with van der Waals surface area (Å²) in [4.78, 5) is 0. The summed E-state index contributed by atoms with van der Waals surface area (Å²) >= 11 is 0. The molecular formula is C20H25N. The van der Waals surface area contributed by atoms with Crippen molar-refractivity contribution in [2.45, 2.75) is 50.5 Å². The van der Waals surface area contributed by atoms with Gasteiger partial charge in [0, 0.05) is 5.54 Å². The van der Waals surface area contributed by atoms with Gasteiger partial charge in [0.1, 0.15) is 0 Å². The zero-order valence-corrected chi connectivity index (χ0v) is 12.9. The molecule has 1 saturated carbocycles. The standard InChI is InChI=1S/C20H25N/c1-16-7-9-17(10-8-16)15-20(21)13-11-19(12-14-20)18-5-3-2-4-6-18/h2-10,19H,11-15,21H2,1H3. The Morgan fingerprint density at radius 1 is 0.952 bits per heavy atom. The Balaban J connectivity index is 1.62. The summed E-state index contributed by atoms with van der Waals surface area (Å²) in [6.07, 6.45) is 5.69. The van der Waals surface area contributed by atoms with Gasteiger partial charge in [0.25, 0.3) is 0 Å². The van der Waals surface area contributed by atoms with Crippen molar-refractivity contribution in [2.75, 3.05) is 0 Å². The van der Waals surface area contributed by atoms with E-state index >= 15 is 0 Å². The lowest BCUT2D eigenvalue weighted by atomic mass is 9.72. The van der Waals surface area contributed by atoms with Crippen molar-refractivity contribution in [1.29, 1.82) is 0 Å². The fraction of sp³-hybridized carbons (Fsp3) is 0.400. The van der Waals surface area contributed by atoms with Gasteiger partial charge in [-0.2, -0.15) is 0 Å². The van der Waals surface area contributed by atoms with Crippen LogP contribution in [0, 0.1) is 6.92 Å². The van der Waals surface area contributed by atoms with Crippen LogP contribution < -0.4 is 5.73 Å². The summed E-state index contributed by atoms with van der Waals surface area (Å²) in [6, 6.07) is 19.7. The Labute approximate surface area is 128 Å². The number of benzene rings is 2. The first-order valence-electron chi connectivity index (χ1n) is 8.04. The predicted octanol–water partition coefficient (Wildman–Crippen LogP) is 4.59. The second-order valence-corrected chi connectivity index (χ2v) is 6.71. The molecule has 0 atom stereocenters. The zero-order valence-electron chi connectivity index (χ0n) is 12.9. The van der Waals surface area contributed by atoms with Gasteiger partial charge in [-0.1, -0.05) is 60.2 Å². The van der Waals surface area contributed by atoms with E-state index in [4.69, 9.17) is 5.73 Å². The summed E-state index contributed by atoms with van der Waals surface area (Å²) in [5.74, 6) is 0.695. The second kappa shape index (κ2) is 6.03. The molecule has 2 aromatic rings. The Morgan fingerprint density at radius 3 is 2.19 bits per heavy atom. The molecule has 1 fully saturated rings. The molecule has 0 aliphatic heterocycles. The molecule has 0 aromatic heterocycles. The molecule has 2 N–H and O–H groups in total. The fourth-order valence-corrected chi connectivity index (χ4v) is 3.54. The largest absolute Gasteiger partial charge is 0.325 e. The van der Waals surface area contributed by atoms with Gasteiger partial charge in [-0.3, -0.25) is 0 Å². The van der Waals surface area contributed by atoms with Gasteiger partial charge in [0.2, 0.25) is 0 Å². The maximum atomic E-state index is 6.67. The van der Waals surface area contributed by atoms with E-state index in [0.29, 0.717) is 5.92 Å². The van der Waals surface area contributed by atoms with Crippen molar-refractivity contribution in [1.82, 2.24) is 0 Å². The van der Waals surface area contributed by atoms with E-state index in [-0.39, 0.29) is 5.54 Å². The fourth-order valence-electron chi connectivity index (χ4n) is 3.54. The average molecular weight is 279 g/mol. The van der Waals surface area contributed by atoms with Crippen molar-refractivity contribution in [3.05, 3.63) is 71.3 Å². The molecule has 3 rings (SSSR count). The van der Waals surface area contributed by atoms with Crippen molar-refractivity contribution in [3.8, 4) is 0 Å². The van der Waals surface area contributed by atoms with Crippen LogP contribution in [0.15, 0.2) is 54.6 Å². The average Bonchev–Trinajstić information content (AvgIpc) is 2.51. The smallest absolute Gasteiger partial charge is 0.0195 e. The van der Waals surface area contributed by atoms with Crippen molar-refractivity contribution >= 4 is 0 Å². The molecule has 0 amide bonds. The molecule has 1 heteroatoms. The molecule has 0 spiro atoms. The van der Waals surface area contributed by atoms with Gasteiger partial charge in [0.05, 0.1) is 0 Å². The van der Waals surface area contributed by atoms with Crippen LogP contribution in [0.25, 0.3) is 0 Å². The number of rotatable bonds is 3. The van der Waals surface area contributed by atoms with E-state index in [0.717, 1.165) is 19.3 Å². The van der Waals surface area contributed by atoms with Crippen LogP contribution in [0.2, 0.25) is 0 Å². The Hall–Kier alpha value is -1.60. The maximum absolute atomic E-state index is 6.67. The third-order valence-corrected chi connectivity index (χ3v) is 4.93. The van der Waals surface area contributed by atoms with Gasteiger partial charge < -0.3 is 5.73 Å². The first-order chi connectivity index (χ1) is 10.1.